The number of urea groups is 1. The molecule has 2 aromatic carbocycles. The molecule has 1 aliphatic rings. The van der Waals surface area contributed by atoms with Crippen molar-refractivity contribution in [2.24, 2.45) is 0 Å². The first-order valence-corrected chi connectivity index (χ1v) is 10.2. The number of nitrogens with one attached hydrogen (secondary N) is 2. The molecular weight excluding hydrogens is 416 g/mol. The van der Waals surface area contributed by atoms with Gasteiger partial charge >= 0.3 is 6.03 Å². The zero-order chi connectivity index (χ0) is 21.8. The molecule has 7 nitrogen and oxygen atoms in total. The SMILES string of the molecule is C[C@H](NC(=O)N1Cc2ccccc2Oc2ccc(Cl)cc21)C(=O)NCc1ccncc1. The summed E-state index contributed by atoms with van der Waals surface area (Å²) in [6.45, 7) is 2.27. The zero-order valence-corrected chi connectivity index (χ0v) is 17.6. The van der Waals surface area contributed by atoms with Crippen LogP contribution in [0.3, 0.4) is 0 Å². The second-order valence-electron chi connectivity index (χ2n) is 7.15. The number of benzene rings is 2. The molecule has 1 atom stereocenters. The number of fused-ring (bicyclic) bond motifs is 2. The summed E-state index contributed by atoms with van der Waals surface area (Å²) in [4.78, 5) is 31.1. The van der Waals surface area contributed by atoms with Crippen molar-refractivity contribution >= 4 is 29.2 Å². The molecule has 0 saturated heterocycles. The van der Waals surface area contributed by atoms with Crippen LogP contribution >= 0.6 is 11.6 Å². The van der Waals surface area contributed by atoms with E-state index in [1.165, 1.54) is 4.90 Å². The lowest BCUT2D eigenvalue weighted by Gasteiger charge is -2.24. The second kappa shape index (κ2) is 9.06. The van der Waals surface area contributed by atoms with Gasteiger partial charge in [0.15, 0.2) is 5.75 Å². The highest BCUT2D eigenvalue weighted by Gasteiger charge is 2.27. The quantitative estimate of drug-likeness (QED) is 0.640. The average Bonchev–Trinajstić information content (AvgIpc) is 2.94. The van der Waals surface area contributed by atoms with Gasteiger partial charge in [-0.05, 0) is 48.9 Å². The molecular formula is C23H21ClN4O3. The van der Waals surface area contributed by atoms with Gasteiger partial charge in [-0.3, -0.25) is 14.7 Å². The predicted octanol–water partition coefficient (Wildman–Crippen LogP) is 4.26. The molecule has 3 aromatic rings. The summed E-state index contributed by atoms with van der Waals surface area (Å²) < 4.78 is 6.01. The van der Waals surface area contributed by atoms with Crippen LogP contribution in [-0.2, 0) is 17.9 Å². The first-order chi connectivity index (χ1) is 15.0. The van der Waals surface area contributed by atoms with E-state index in [1.54, 1.807) is 37.5 Å². The molecule has 2 N–H and O–H groups in total. The van der Waals surface area contributed by atoms with E-state index in [0.29, 0.717) is 28.8 Å². The zero-order valence-electron chi connectivity index (χ0n) is 16.8. The lowest BCUT2D eigenvalue weighted by Crippen LogP contribution is -2.49. The summed E-state index contributed by atoms with van der Waals surface area (Å²) >= 11 is 6.18. The molecule has 3 amide bonds. The first kappa shape index (κ1) is 20.7. The molecule has 1 aromatic heterocycles. The Labute approximate surface area is 185 Å². The minimum absolute atomic E-state index is 0.278. The number of amides is 3. The van der Waals surface area contributed by atoms with Crippen molar-refractivity contribution in [1.82, 2.24) is 15.6 Å². The maximum absolute atomic E-state index is 13.2. The molecule has 0 bridgehead atoms. The van der Waals surface area contributed by atoms with Gasteiger partial charge in [0, 0.05) is 29.5 Å². The highest BCUT2D eigenvalue weighted by atomic mass is 35.5. The molecule has 1 aliphatic heterocycles. The van der Waals surface area contributed by atoms with E-state index in [9.17, 15) is 9.59 Å². The third kappa shape index (κ3) is 4.78. The van der Waals surface area contributed by atoms with Crippen LogP contribution in [0, 0.1) is 0 Å². The van der Waals surface area contributed by atoms with Crippen LogP contribution < -0.4 is 20.3 Å². The largest absolute Gasteiger partial charge is 0.455 e. The second-order valence-corrected chi connectivity index (χ2v) is 7.59. The first-order valence-electron chi connectivity index (χ1n) is 9.81. The molecule has 0 spiro atoms. The summed E-state index contributed by atoms with van der Waals surface area (Å²) in [5.41, 5.74) is 2.30. The lowest BCUT2D eigenvalue weighted by atomic mass is 10.2. The fraction of sp³-hybridized carbons (Fsp3) is 0.174. The Hall–Kier alpha value is -3.58. The molecule has 158 valence electrons. The number of hydrogen-bond acceptors (Lipinski definition) is 4. The minimum Gasteiger partial charge on any atom is -0.455 e. The van der Waals surface area contributed by atoms with Crippen molar-refractivity contribution in [3.8, 4) is 11.5 Å². The van der Waals surface area contributed by atoms with Gasteiger partial charge in [0.2, 0.25) is 5.91 Å². The number of carbonyl (C=O) groups is 2. The van der Waals surface area contributed by atoms with Crippen LogP contribution in [0.25, 0.3) is 0 Å². The van der Waals surface area contributed by atoms with Gasteiger partial charge in [-0.15, -0.1) is 0 Å². The number of hydrogen-bond donors (Lipinski definition) is 2. The van der Waals surface area contributed by atoms with E-state index >= 15 is 0 Å². The Morgan fingerprint density at radius 1 is 1.13 bits per heavy atom. The van der Waals surface area contributed by atoms with Crippen molar-refractivity contribution in [1.29, 1.82) is 0 Å². The number of ether oxygens (including phenoxy) is 1. The summed E-state index contributed by atoms with van der Waals surface area (Å²) in [5, 5.41) is 6.07. The fourth-order valence-corrected chi connectivity index (χ4v) is 3.41. The number of carbonyl (C=O) groups excluding carboxylic acids is 2. The van der Waals surface area contributed by atoms with E-state index in [1.807, 2.05) is 36.4 Å². The van der Waals surface area contributed by atoms with Gasteiger partial charge in [-0.25, -0.2) is 4.79 Å². The van der Waals surface area contributed by atoms with Crippen LogP contribution in [0.1, 0.15) is 18.1 Å². The van der Waals surface area contributed by atoms with Crippen LogP contribution in [-0.4, -0.2) is 23.0 Å². The smallest absolute Gasteiger partial charge is 0.322 e. The van der Waals surface area contributed by atoms with Crippen molar-refractivity contribution in [2.45, 2.75) is 26.1 Å². The number of para-hydroxylation sites is 1. The number of aromatic nitrogens is 1. The molecule has 0 fully saturated rings. The third-order valence-electron chi connectivity index (χ3n) is 4.93. The normalized spacial score (nSPS) is 13.2. The Kier molecular flexibility index (Phi) is 6.04. The Morgan fingerprint density at radius 2 is 1.90 bits per heavy atom. The molecule has 0 radical (unpaired) electrons. The van der Waals surface area contributed by atoms with Crippen molar-refractivity contribution in [3.63, 3.8) is 0 Å². The third-order valence-corrected chi connectivity index (χ3v) is 5.16. The highest BCUT2D eigenvalue weighted by Crippen LogP contribution is 2.40. The number of anilines is 1. The highest BCUT2D eigenvalue weighted by molar-refractivity contribution is 6.31. The molecule has 0 aliphatic carbocycles. The molecule has 4 rings (SSSR count). The maximum Gasteiger partial charge on any atom is 0.322 e. The van der Waals surface area contributed by atoms with Crippen molar-refractivity contribution in [2.75, 3.05) is 4.90 Å². The van der Waals surface area contributed by atoms with Gasteiger partial charge in [0.1, 0.15) is 11.8 Å². The van der Waals surface area contributed by atoms with Gasteiger partial charge in [-0.1, -0.05) is 29.8 Å². The van der Waals surface area contributed by atoms with E-state index in [2.05, 4.69) is 15.6 Å². The van der Waals surface area contributed by atoms with Crippen LogP contribution in [0.2, 0.25) is 5.02 Å². The van der Waals surface area contributed by atoms with Gasteiger partial charge < -0.3 is 15.4 Å². The van der Waals surface area contributed by atoms with E-state index in [0.717, 1.165) is 11.1 Å². The molecule has 2 heterocycles. The lowest BCUT2D eigenvalue weighted by molar-refractivity contribution is -0.122. The van der Waals surface area contributed by atoms with E-state index in [-0.39, 0.29) is 12.5 Å². The Balaban J connectivity index is 1.50. The van der Waals surface area contributed by atoms with Gasteiger partial charge in [0.25, 0.3) is 0 Å². The molecule has 0 unspecified atom stereocenters. The fourth-order valence-electron chi connectivity index (χ4n) is 3.25. The van der Waals surface area contributed by atoms with E-state index < -0.39 is 12.1 Å². The monoisotopic (exact) mass is 436 g/mol. The van der Waals surface area contributed by atoms with Gasteiger partial charge in [-0.2, -0.15) is 0 Å². The van der Waals surface area contributed by atoms with Gasteiger partial charge in [0.05, 0.1) is 12.2 Å². The Bertz CT molecular complexity index is 1110. The number of nitrogens with zero attached hydrogens (tertiary/aromatic N) is 2. The van der Waals surface area contributed by atoms with E-state index in [4.69, 9.17) is 16.3 Å². The summed E-state index contributed by atoms with van der Waals surface area (Å²) in [5.74, 6) is 0.895. The van der Waals surface area contributed by atoms with Crippen molar-refractivity contribution in [3.05, 3.63) is 83.1 Å². The molecule has 31 heavy (non-hydrogen) atoms. The maximum atomic E-state index is 13.2. The summed E-state index contributed by atoms with van der Waals surface area (Å²) in [7, 11) is 0. The average molecular weight is 437 g/mol. The predicted molar refractivity (Wildman–Crippen MR) is 118 cm³/mol. The number of rotatable bonds is 4. The van der Waals surface area contributed by atoms with Crippen LogP contribution in [0.15, 0.2) is 67.0 Å². The Morgan fingerprint density at radius 3 is 2.71 bits per heavy atom. The van der Waals surface area contributed by atoms with Crippen LogP contribution in [0.4, 0.5) is 10.5 Å². The molecule has 8 heteroatoms. The van der Waals surface area contributed by atoms with Crippen LogP contribution in [0.5, 0.6) is 11.5 Å². The summed E-state index contributed by atoms with van der Waals surface area (Å²) in [6.07, 6.45) is 3.32. The topological polar surface area (TPSA) is 83.6 Å². The molecule has 0 saturated carbocycles. The standard InChI is InChI=1S/C23H21ClN4O3/c1-15(22(29)26-13-16-8-10-25-11-9-16)27-23(30)28-14-17-4-2-3-5-20(17)31-21-7-6-18(24)12-19(21)28/h2-12,15H,13-14H2,1H3,(H,26,29)(H,27,30)/t15-/m0/s1. The minimum atomic E-state index is -0.739. The van der Waals surface area contributed by atoms with Crippen molar-refractivity contribution < 1.29 is 14.3 Å². The number of halogens is 1. The summed E-state index contributed by atoms with van der Waals surface area (Å²) in [6, 6.07) is 15.1. The number of pyridine rings is 1.